The van der Waals surface area contributed by atoms with E-state index in [0.29, 0.717) is 50.6 Å². The van der Waals surface area contributed by atoms with Crippen molar-refractivity contribution in [2.45, 2.75) is 45.3 Å². The molecule has 0 unspecified atom stereocenters. The topological polar surface area (TPSA) is 123 Å². The third-order valence-electron chi connectivity index (χ3n) is 9.46. The van der Waals surface area contributed by atoms with Crippen molar-refractivity contribution in [1.82, 2.24) is 24.1 Å². The summed E-state index contributed by atoms with van der Waals surface area (Å²) in [5.41, 5.74) is 8.03. The summed E-state index contributed by atoms with van der Waals surface area (Å²) in [5.74, 6) is 6.55. The number of carbonyl (C=O) groups excluding carboxylic acids is 2. The Morgan fingerprint density at radius 3 is 2.70 bits per heavy atom. The van der Waals surface area contributed by atoms with Gasteiger partial charge in [-0.05, 0) is 55.0 Å². The molecule has 4 heterocycles. The number of amides is 2. The molecule has 11 heteroatoms. The zero-order valence-electron chi connectivity index (χ0n) is 26.9. The molecule has 7 rings (SSSR count). The first-order valence-electron chi connectivity index (χ1n) is 16.2. The Labute approximate surface area is 274 Å². The maximum absolute atomic E-state index is 14.1. The number of rotatable bonds is 10. The van der Waals surface area contributed by atoms with E-state index in [1.54, 1.807) is 7.11 Å². The van der Waals surface area contributed by atoms with Crippen LogP contribution >= 0.6 is 0 Å². The van der Waals surface area contributed by atoms with E-state index in [2.05, 4.69) is 38.0 Å². The van der Waals surface area contributed by atoms with E-state index >= 15 is 0 Å². The second kappa shape index (κ2) is 12.9. The number of fused-ring (bicyclic) bond motifs is 2. The van der Waals surface area contributed by atoms with E-state index in [9.17, 15) is 9.59 Å². The van der Waals surface area contributed by atoms with Crippen molar-refractivity contribution in [3.8, 4) is 16.9 Å². The molecule has 0 spiro atoms. The summed E-state index contributed by atoms with van der Waals surface area (Å²) in [6.07, 6.45) is 10.5. The molecule has 3 aliphatic rings. The Kier molecular flexibility index (Phi) is 8.36. The molecule has 0 saturated heterocycles. The highest BCUT2D eigenvalue weighted by Gasteiger charge is 2.31. The van der Waals surface area contributed by atoms with E-state index < -0.39 is 0 Å². The van der Waals surface area contributed by atoms with E-state index in [4.69, 9.17) is 10.6 Å². The number of hydrazone groups is 1. The Morgan fingerprint density at radius 1 is 1.06 bits per heavy atom. The lowest BCUT2D eigenvalue weighted by Gasteiger charge is -2.28. The summed E-state index contributed by atoms with van der Waals surface area (Å²) in [6, 6.07) is 14.3. The van der Waals surface area contributed by atoms with Crippen molar-refractivity contribution in [2.24, 2.45) is 28.9 Å². The summed E-state index contributed by atoms with van der Waals surface area (Å²) in [4.78, 5) is 35.3. The summed E-state index contributed by atoms with van der Waals surface area (Å²) >= 11 is 0. The van der Waals surface area contributed by atoms with Gasteiger partial charge in [0.05, 0.1) is 37.3 Å². The molecule has 0 atom stereocenters. The van der Waals surface area contributed by atoms with Crippen LogP contribution in [0.4, 0.5) is 0 Å². The number of hydrogen-bond donors (Lipinski definition) is 1. The number of methoxy groups -OCH3 is 1. The van der Waals surface area contributed by atoms with Crippen molar-refractivity contribution in [2.75, 3.05) is 26.7 Å². The number of nitrogens with zero attached hydrogens (tertiary/aromatic N) is 7. The molecule has 242 valence electrons. The Hall–Kier alpha value is -5.19. The number of nitrogens with two attached hydrogens (primary N) is 1. The van der Waals surface area contributed by atoms with E-state index in [1.165, 1.54) is 25.3 Å². The maximum Gasteiger partial charge on any atom is 0.254 e. The SMILES string of the molecule is COc1ccccc1-c1cc(C(=O)N2Cc3cnn(C)c3C2)cc2cc(C3=CCCN(C(=O)CCN=C/C=N\N)C3)n(CC3CC3)c12. The largest absolute Gasteiger partial charge is 0.496 e. The van der Waals surface area contributed by atoms with Gasteiger partial charge in [-0.15, -0.1) is 0 Å². The second-order valence-electron chi connectivity index (χ2n) is 12.6. The van der Waals surface area contributed by atoms with Gasteiger partial charge in [-0.2, -0.15) is 10.2 Å². The summed E-state index contributed by atoms with van der Waals surface area (Å²) in [6.45, 7) is 3.55. The fraction of sp³-hybridized carbons (Fsp3) is 0.361. The van der Waals surface area contributed by atoms with Crippen LogP contribution in [0.2, 0.25) is 0 Å². The molecule has 2 aromatic carbocycles. The van der Waals surface area contributed by atoms with Gasteiger partial charge in [-0.1, -0.05) is 24.3 Å². The molecular formula is C36H40N8O3. The number of aliphatic imine (C=N–C) groups is 1. The van der Waals surface area contributed by atoms with Crippen LogP contribution in [-0.4, -0.2) is 75.1 Å². The summed E-state index contributed by atoms with van der Waals surface area (Å²) in [7, 11) is 3.61. The van der Waals surface area contributed by atoms with Crippen LogP contribution in [0, 0.1) is 5.92 Å². The van der Waals surface area contributed by atoms with Crippen molar-refractivity contribution in [1.29, 1.82) is 0 Å². The fourth-order valence-corrected chi connectivity index (χ4v) is 6.86. The lowest BCUT2D eigenvalue weighted by Crippen LogP contribution is -2.36. The van der Waals surface area contributed by atoms with Crippen LogP contribution in [0.3, 0.4) is 0 Å². The van der Waals surface area contributed by atoms with Gasteiger partial charge >= 0.3 is 0 Å². The standard InChI is InChI=1S/C36H40N8O3/c1-41-32-23-43(22-28(32)19-40-41)36(46)27-16-26-18-31(25-6-5-15-42(21-25)34(45)11-12-38-13-14-39-37)44(20-24-9-10-24)35(26)30(17-27)29-7-3-4-8-33(29)47-2/h3-4,6-8,13-14,16-19,24H,5,9-12,15,20-23,37H2,1-2H3/b38-13?,39-14-. The van der Waals surface area contributed by atoms with Crippen molar-refractivity contribution >= 4 is 40.7 Å². The highest BCUT2D eigenvalue weighted by atomic mass is 16.5. The molecule has 47 heavy (non-hydrogen) atoms. The predicted molar refractivity (Wildman–Crippen MR) is 183 cm³/mol. The smallest absolute Gasteiger partial charge is 0.254 e. The van der Waals surface area contributed by atoms with Gasteiger partial charge in [0.2, 0.25) is 5.91 Å². The van der Waals surface area contributed by atoms with Gasteiger partial charge in [0.1, 0.15) is 5.75 Å². The molecule has 4 aromatic rings. The van der Waals surface area contributed by atoms with Crippen molar-refractivity contribution < 1.29 is 14.3 Å². The van der Waals surface area contributed by atoms with Crippen LogP contribution in [0.25, 0.3) is 27.6 Å². The first kappa shape index (κ1) is 30.5. The molecule has 1 fully saturated rings. The van der Waals surface area contributed by atoms with Crippen LogP contribution in [-0.2, 0) is 31.5 Å². The molecule has 2 aromatic heterocycles. The zero-order chi connectivity index (χ0) is 32.5. The van der Waals surface area contributed by atoms with E-state index in [-0.39, 0.29) is 11.8 Å². The number of para-hydroxylation sites is 1. The fourth-order valence-electron chi connectivity index (χ4n) is 6.86. The Morgan fingerprint density at radius 2 is 1.91 bits per heavy atom. The lowest BCUT2D eigenvalue weighted by molar-refractivity contribution is -0.130. The van der Waals surface area contributed by atoms with Gasteiger partial charge in [0.15, 0.2) is 0 Å². The van der Waals surface area contributed by atoms with Gasteiger partial charge < -0.3 is 24.9 Å². The second-order valence-corrected chi connectivity index (χ2v) is 12.6. The number of ether oxygens (including phenoxy) is 1. The van der Waals surface area contributed by atoms with Gasteiger partial charge in [0, 0.05) is 85.7 Å². The maximum atomic E-state index is 14.1. The van der Waals surface area contributed by atoms with Crippen molar-refractivity contribution in [3.05, 3.63) is 77.3 Å². The minimum Gasteiger partial charge on any atom is -0.496 e. The molecule has 0 radical (unpaired) electrons. The van der Waals surface area contributed by atoms with Crippen LogP contribution in [0.15, 0.2) is 64.8 Å². The monoisotopic (exact) mass is 632 g/mol. The van der Waals surface area contributed by atoms with Crippen LogP contribution < -0.4 is 10.6 Å². The summed E-state index contributed by atoms with van der Waals surface area (Å²) in [5, 5.41) is 8.77. The Bertz CT molecular complexity index is 1930. The average Bonchev–Trinajstić information content (AvgIpc) is 3.54. The third-order valence-corrected chi connectivity index (χ3v) is 9.46. The van der Waals surface area contributed by atoms with Crippen LogP contribution in [0.1, 0.15) is 53.0 Å². The highest BCUT2D eigenvalue weighted by molar-refractivity contribution is 6.15. The molecule has 0 bridgehead atoms. The third kappa shape index (κ3) is 6.05. The molecule has 2 amide bonds. The first-order valence-corrected chi connectivity index (χ1v) is 16.2. The number of aromatic nitrogens is 3. The van der Waals surface area contributed by atoms with Gasteiger partial charge in [-0.3, -0.25) is 19.3 Å². The predicted octanol–water partition coefficient (Wildman–Crippen LogP) is 4.64. The van der Waals surface area contributed by atoms with Gasteiger partial charge in [-0.25, -0.2) is 0 Å². The first-order chi connectivity index (χ1) is 22.9. The number of aryl methyl sites for hydroxylation is 1. The van der Waals surface area contributed by atoms with E-state index in [0.717, 1.165) is 63.3 Å². The highest BCUT2D eigenvalue weighted by Crippen LogP contribution is 2.42. The molecule has 11 nitrogen and oxygen atoms in total. The van der Waals surface area contributed by atoms with Crippen LogP contribution in [0.5, 0.6) is 5.75 Å². The number of carbonyl (C=O) groups is 2. The quantitative estimate of drug-likeness (QED) is 0.155. The van der Waals surface area contributed by atoms with E-state index in [1.807, 2.05) is 58.1 Å². The lowest BCUT2D eigenvalue weighted by atomic mass is 9.98. The molecule has 2 aliphatic heterocycles. The number of benzene rings is 2. The minimum absolute atomic E-state index is 0.00946. The number of hydrogen-bond acceptors (Lipinski definition) is 7. The minimum atomic E-state index is -0.00946. The molecule has 2 N–H and O–H groups in total. The average molecular weight is 633 g/mol. The normalized spacial score (nSPS) is 16.4. The Balaban J connectivity index is 1.29. The zero-order valence-corrected chi connectivity index (χ0v) is 26.9. The van der Waals surface area contributed by atoms with Crippen molar-refractivity contribution in [3.63, 3.8) is 0 Å². The van der Waals surface area contributed by atoms with Gasteiger partial charge in [0.25, 0.3) is 5.91 Å². The molecular weight excluding hydrogens is 592 g/mol. The molecule has 1 aliphatic carbocycles. The molecule has 1 saturated carbocycles. The summed E-state index contributed by atoms with van der Waals surface area (Å²) < 4.78 is 10.1.